The highest BCUT2D eigenvalue weighted by atomic mass is 16.3. The molecule has 0 aromatic rings. The minimum absolute atomic E-state index is 0.0956. The van der Waals surface area contributed by atoms with Crippen LogP contribution in [0.1, 0.15) is 51.4 Å². The lowest BCUT2D eigenvalue weighted by Gasteiger charge is -2.25. The Labute approximate surface area is 97.6 Å². The zero-order valence-electron chi connectivity index (χ0n) is 9.95. The summed E-state index contributed by atoms with van der Waals surface area (Å²) in [7, 11) is 0. The van der Waals surface area contributed by atoms with Gasteiger partial charge in [-0.05, 0) is 44.4 Å². The third kappa shape index (κ3) is 3.21. The van der Waals surface area contributed by atoms with Gasteiger partial charge in [-0.3, -0.25) is 4.79 Å². The summed E-state index contributed by atoms with van der Waals surface area (Å²) < 4.78 is 0. The molecule has 0 heterocycles. The number of aliphatic hydroxyl groups is 1. The molecule has 16 heavy (non-hydrogen) atoms. The Balaban J connectivity index is 1.65. The molecule has 0 unspecified atom stereocenters. The van der Waals surface area contributed by atoms with E-state index in [1.807, 2.05) is 0 Å². The first-order valence-electron chi connectivity index (χ1n) is 6.71. The minimum atomic E-state index is -0.0956. The molecule has 0 aliphatic heterocycles. The van der Waals surface area contributed by atoms with Crippen LogP contribution < -0.4 is 5.32 Å². The van der Waals surface area contributed by atoms with E-state index in [-0.39, 0.29) is 17.9 Å². The summed E-state index contributed by atoms with van der Waals surface area (Å²) in [5.74, 6) is 1.14. The highest BCUT2D eigenvalue weighted by Gasteiger charge is 2.24. The fourth-order valence-corrected chi connectivity index (χ4v) is 2.93. The van der Waals surface area contributed by atoms with Crippen LogP contribution in [0.25, 0.3) is 0 Å². The lowest BCUT2D eigenvalue weighted by atomic mass is 9.87. The Morgan fingerprint density at radius 2 is 1.69 bits per heavy atom. The second-order valence-electron chi connectivity index (χ2n) is 5.40. The van der Waals surface area contributed by atoms with Crippen molar-refractivity contribution in [1.82, 2.24) is 5.32 Å². The average Bonchev–Trinajstić information content (AvgIpc) is 2.81. The maximum absolute atomic E-state index is 11.8. The predicted octanol–water partition coefficient (Wildman–Crippen LogP) is 1.84. The molecule has 2 aliphatic rings. The van der Waals surface area contributed by atoms with Crippen LogP contribution in [0.5, 0.6) is 0 Å². The second kappa shape index (κ2) is 5.67. The first-order valence-corrected chi connectivity index (χ1v) is 6.71. The molecule has 3 heteroatoms. The van der Waals surface area contributed by atoms with Crippen LogP contribution >= 0.6 is 0 Å². The number of rotatable bonds is 3. The molecule has 0 atom stereocenters. The zero-order chi connectivity index (χ0) is 11.4. The third-order valence-electron chi connectivity index (χ3n) is 4.11. The van der Waals surface area contributed by atoms with E-state index in [9.17, 15) is 9.90 Å². The van der Waals surface area contributed by atoms with Crippen molar-refractivity contribution in [2.75, 3.05) is 6.54 Å². The minimum Gasteiger partial charge on any atom is -0.393 e. The number of amides is 1. The van der Waals surface area contributed by atoms with E-state index >= 15 is 0 Å². The van der Waals surface area contributed by atoms with E-state index in [4.69, 9.17) is 0 Å². The Kier molecular flexibility index (Phi) is 4.22. The summed E-state index contributed by atoms with van der Waals surface area (Å²) in [5.41, 5.74) is 0. The predicted molar refractivity (Wildman–Crippen MR) is 62.9 cm³/mol. The molecule has 1 amide bonds. The van der Waals surface area contributed by atoms with Crippen molar-refractivity contribution in [3.05, 3.63) is 0 Å². The normalized spacial score (nSPS) is 31.6. The molecule has 0 spiro atoms. The topological polar surface area (TPSA) is 49.3 Å². The summed E-state index contributed by atoms with van der Waals surface area (Å²) in [4.78, 5) is 11.8. The molecule has 3 nitrogen and oxygen atoms in total. The van der Waals surface area contributed by atoms with Crippen molar-refractivity contribution in [3.63, 3.8) is 0 Å². The van der Waals surface area contributed by atoms with Gasteiger partial charge in [0.15, 0.2) is 0 Å². The van der Waals surface area contributed by atoms with Crippen LogP contribution in [-0.4, -0.2) is 23.7 Å². The largest absolute Gasteiger partial charge is 0.393 e. The van der Waals surface area contributed by atoms with E-state index in [1.54, 1.807) is 0 Å². The molecule has 2 saturated carbocycles. The van der Waals surface area contributed by atoms with Gasteiger partial charge in [0, 0.05) is 12.5 Å². The van der Waals surface area contributed by atoms with E-state index in [1.165, 1.54) is 12.8 Å². The van der Waals surface area contributed by atoms with Crippen molar-refractivity contribution in [3.8, 4) is 0 Å². The molecule has 2 aliphatic carbocycles. The van der Waals surface area contributed by atoms with Gasteiger partial charge in [0.1, 0.15) is 0 Å². The van der Waals surface area contributed by atoms with Crippen molar-refractivity contribution in [1.29, 1.82) is 0 Å². The number of aliphatic hydroxyl groups excluding tert-OH is 1. The standard InChI is InChI=1S/C13H23NO2/c15-12-7-5-10(6-8-12)9-14-13(16)11-3-1-2-4-11/h10-12,15H,1-9H2,(H,14,16). The van der Waals surface area contributed by atoms with E-state index in [0.29, 0.717) is 5.92 Å². The van der Waals surface area contributed by atoms with Gasteiger partial charge in [-0.1, -0.05) is 12.8 Å². The summed E-state index contributed by atoms with van der Waals surface area (Å²) in [6, 6.07) is 0. The number of carbonyl (C=O) groups excluding carboxylic acids is 1. The Hall–Kier alpha value is -0.570. The van der Waals surface area contributed by atoms with Crippen LogP contribution in [0.4, 0.5) is 0 Å². The monoisotopic (exact) mass is 225 g/mol. The summed E-state index contributed by atoms with van der Waals surface area (Å²) in [5, 5.41) is 12.5. The quantitative estimate of drug-likeness (QED) is 0.770. The maximum atomic E-state index is 11.8. The number of nitrogens with one attached hydrogen (secondary N) is 1. The fourth-order valence-electron chi connectivity index (χ4n) is 2.93. The van der Waals surface area contributed by atoms with Gasteiger partial charge in [0.25, 0.3) is 0 Å². The Morgan fingerprint density at radius 1 is 1.06 bits per heavy atom. The van der Waals surface area contributed by atoms with Gasteiger partial charge >= 0.3 is 0 Å². The fraction of sp³-hybridized carbons (Fsp3) is 0.923. The van der Waals surface area contributed by atoms with Crippen molar-refractivity contribution in [2.24, 2.45) is 11.8 Å². The van der Waals surface area contributed by atoms with E-state index < -0.39 is 0 Å². The maximum Gasteiger partial charge on any atom is 0.223 e. The van der Waals surface area contributed by atoms with E-state index in [0.717, 1.165) is 45.1 Å². The van der Waals surface area contributed by atoms with Gasteiger partial charge < -0.3 is 10.4 Å². The van der Waals surface area contributed by atoms with Gasteiger partial charge in [0.05, 0.1) is 6.10 Å². The van der Waals surface area contributed by atoms with Crippen molar-refractivity contribution in [2.45, 2.75) is 57.5 Å². The molecule has 0 aromatic carbocycles. The van der Waals surface area contributed by atoms with Gasteiger partial charge in [-0.25, -0.2) is 0 Å². The molecule has 2 rings (SSSR count). The highest BCUT2D eigenvalue weighted by Crippen LogP contribution is 2.26. The Morgan fingerprint density at radius 3 is 2.31 bits per heavy atom. The lowest BCUT2D eigenvalue weighted by molar-refractivity contribution is -0.125. The van der Waals surface area contributed by atoms with Crippen LogP contribution in [0.15, 0.2) is 0 Å². The summed E-state index contributed by atoms with van der Waals surface area (Å²) in [6.45, 7) is 0.821. The average molecular weight is 225 g/mol. The Bertz CT molecular complexity index is 228. The molecule has 2 fully saturated rings. The van der Waals surface area contributed by atoms with Gasteiger partial charge in [-0.2, -0.15) is 0 Å². The van der Waals surface area contributed by atoms with Crippen LogP contribution in [0.3, 0.4) is 0 Å². The molecule has 0 bridgehead atoms. The third-order valence-corrected chi connectivity index (χ3v) is 4.11. The smallest absolute Gasteiger partial charge is 0.223 e. The zero-order valence-corrected chi connectivity index (χ0v) is 9.95. The highest BCUT2D eigenvalue weighted by molar-refractivity contribution is 5.78. The summed E-state index contributed by atoms with van der Waals surface area (Å²) in [6.07, 6.45) is 8.43. The molecular formula is C13H23NO2. The van der Waals surface area contributed by atoms with Crippen molar-refractivity contribution >= 4 is 5.91 Å². The molecule has 2 N–H and O–H groups in total. The first-order chi connectivity index (χ1) is 7.75. The SMILES string of the molecule is O=C(NCC1CCC(O)CC1)C1CCCC1. The van der Waals surface area contributed by atoms with Crippen LogP contribution in [0, 0.1) is 11.8 Å². The first kappa shape index (κ1) is 11.9. The van der Waals surface area contributed by atoms with Crippen LogP contribution in [-0.2, 0) is 4.79 Å². The summed E-state index contributed by atoms with van der Waals surface area (Å²) >= 11 is 0. The molecular weight excluding hydrogens is 202 g/mol. The number of carbonyl (C=O) groups is 1. The molecule has 0 aromatic heterocycles. The van der Waals surface area contributed by atoms with Gasteiger partial charge in [0.2, 0.25) is 5.91 Å². The van der Waals surface area contributed by atoms with Gasteiger partial charge in [-0.15, -0.1) is 0 Å². The van der Waals surface area contributed by atoms with Crippen LogP contribution in [0.2, 0.25) is 0 Å². The number of hydrogen-bond donors (Lipinski definition) is 2. The molecule has 0 radical (unpaired) electrons. The second-order valence-corrected chi connectivity index (χ2v) is 5.40. The lowest BCUT2D eigenvalue weighted by Crippen LogP contribution is -2.35. The molecule has 92 valence electrons. The number of hydrogen-bond acceptors (Lipinski definition) is 2. The molecule has 0 saturated heterocycles. The van der Waals surface area contributed by atoms with E-state index in [2.05, 4.69) is 5.32 Å². The van der Waals surface area contributed by atoms with Crippen molar-refractivity contribution < 1.29 is 9.90 Å².